The second kappa shape index (κ2) is 11.9. The molecule has 3 heteroatoms. The summed E-state index contributed by atoms with van der Waals surface area (Å²) in [5.41, 5.74) is 7.69. The summed E-state index contributed by atoms with van der Waals surface area (Å²) in [5.74, 6) is 0.720. The van der Waals surface area contributed by atoms with Crippen molar-refractivity contribution >= 4 is 23.2 Å². The number of nitrogens with zero attached hydrogens (tertiary/aromatic N) is 1. The molecule has 1 amide bonds. The zero-order chi connectivity index (χ0) is 30.7. The molecule has 0 saturated heterocycles. The molecule has 0 spiro atoms. The SMILES string of the molecule is COc1ccc(C=CC(=O)N2c3ccc(C(c4ccccc4)(c4ccccc4)c4ccccc4)cc3C(C)=CC2(C)C)cc1. The lowest BCUT2D eigenvalue weighted by Crippen LogP contribution is -2.48. The van der Waals surface area contributed by atoms with Crippen molar-refractivity contribution in [1.82, 2.24) is 0 Å². The Bertz CT molecular complexity index is 1720. The number of rotatable bonds is 7. The third kappa shape index (κ3) is 5.16. The van der Waals surface area contributed by atoms with Gasteiger partial charge in [-0.3, -0.25) is 9.69 Å². The van der Waals surface area contributed by atoms with E-state index >= 15 is 0 Å². The molecule has 44 heavy (non-hydrogen) atoms. The second-order valence-corrected chi connectivity index (χ2v) is 11.8. The van der Waals surface area contributed by atoms with Crippen molar-refractivity contribution in [2.75, 3.05) is 12.0 Å². The molecule has 3 nitrogen and oxygen atoms in total. The molecule has 0 unspecified atom stereocenters. The van der Waals surface area contributed by atoms with E-state index in [4.69, 9.17) is 4.74 Å². The normalized spacial score (nSPS) is 14.2. The summed E-state index contributed by atoms with van der Waals surface area (Å²) in [5, 5.41) is 0. The number of benzene rings is 5. The number of anilines is 1. The number of carbonyl (C=O) groups excluding carboxylic acids is 1. The van der Waals surface area contributed by atoms with Crippen molar-refractivity contribution in [3.8, 4) is 5.75 Å². The van der Waals surface area contributed by atoms with E-state index in [9.17, 15) is 4.79 Å². The highest BCUT2D eigenvalue weighted by atomic mass is 16.5. The number of ether oxygens (including phenoxy) is 1. The van der Waals surface area contributed by atoms with Gasteiger partial charge < -0.3 is 4.74 Å². The molecule has 0 atom stereocenters. The molecule has 0 radical (unpaired) electrons. The molecular formula is C41H37NO2. The summed E-state index contributed by atoms with van der Waals surface area (Å²) in [6, 6.07) is 46.4. The number of hydrogen-bond acceptors (Lipinski definition) is 2. The van der Waals surface area contributed by atoms with Crippen LogP contribution in [0.5, 0.6) is 5.75 Å². The van der Waals surface area contributed by atoms with Gasteiger partial charge in [-0.2, -0.15) is 0 Å². The van der Waals surface area contributed by atoms with Gasteiger partial charge in [-0.05, 0) is 84.5 Å². The van der Waals surface area contributed by atoms with Gasteiger partial charge in [0.05, 0.1) is 23.8 Å². The largest absolute Gasteiger partial charge is 0.497 e. The fourth-order valence-corrected chi connectivity index (χ4v) is 6.69. The molecule has 218 valence electrons. The van der Waals surface area contributed by atoms with E-state index in [0.717, 1.165) is 33.7 Å². The zero-order valence-corrected chi connectivity index (χ0v) is 25.7. The van der Waals surface area contributed by atoms with Crippen molar-refractivity contribution in [1.29, 1.82) is 0 Å². The first-order chi connectivity index (χ1) is 21.3. The van der Waals surface area contributed by atoms with E-state index in [1.54, 1.807) is 13.2 Å². The smallest absolute Gasteiger partial charge is 0.251 e. The van der Waals surface area contributed by atoms with Gasteiger partial charge >= 0.3 is 0 Å². The molecule has 0 saturated carbocycles. The number of fused-ring (bicyclic) bond motifs is 1. The van der Waals surface area contributed by atoms with Crippen LogP contribution >= 0.6 is 0 Å². The second-order valence-electron chi connectivity index (χ2n) is 11.8. The van der Waals surface area contributed by atoms with Gasteiger partial charge in [0.2, 0.25) is 0 Å². The van der Waals surface area contributed by atoms with E-state index in [2.05, 4.69) is 136 Å². The van der Waals surface area contributed by atoms with Crippen LogP contribution in [0.15, 0.2) is 146 Å². The minimum atomic E-state index is -0.560. The minimum Gasteiger partial charge on any atom is -0.497 e. The molecule has 0 fully saturated rings. The van der Waals surface area contributed by atoms with Crippen LogP contribution < -0.4 is 9.64 Å². The van der Waals surface area contributed by atoms with Crippen LogP contribution in [0.1, 0.15) is 54.2 Å². The number of carbonyl (C=O) groups is 1. The van der Waals surface area contributed by atoms with Gasteiger partial charge in [0, 0.05) is 11.6 Å². The Morgan fingerprint density at radius 3 is 1.73 bits per heavy atom. The van der Waals surface area contributed by atoms with E-state index in [0.29, 0.717) is 0 Å². The van der Waals surface area contributed by atoms with Crippen molar-refractivity contribution in [2.24, 2.45) is 0 Å². The fourth-order valence-electron chi connectivity index (χ4n) is 6.69. The van der Waals surface area contributed by atoms with Gasteiger partial charge in [0.25, 0.3) is 5.91 Å². The molecule has 5 aromatic rings. The first kappa shape index (κ1) is 28.9. The number of allylic oxidation sites excluding steroid dienone is 1. The quantitative estimate of drug-likeness (QED) is 0.143. The van der Waals surface area contributed by atoms with Crippen molar-refractivity contribution < 1.29 is 9.53 Å². The minimum absolute atomic E-state index is 0.0657. The monoisotopic (exact) mass is 575 g/mol. The van der Waals surface area contributed by atoms with Crippen molar-refractivity contribution in [3.63, 3.8) is 0 Å². The Morgan fingerprint density at radius 1 is 0.705 bits per heavy atom. The first-order valence-electron chi connectivity index (χ1n) is 15.0. The summed E-state index contributed by atoms with van der Waals surface area (Å²) < 4.78 is 5.28. The Morgan fingerprint density at radius 2 is 1.23 bits per heavy atom. The van der Waals surface area contributed by atoms with E-state index in [1.165, 1.54) is 16.7 Å². The van der Waals surface area contributed by atoms with Crippen LogP contribution in [0.4, 0.5) is 5.69 Å². The Kier molecular flexibility index (Phi) is 7.80. The van der Waals surface area contributed by atoms with Gasteiger partial charge in [-0.15, -0.1) is 0 Å². The highest BCUT2D eigenvalue weighted by Crippen LogP contribution is 2.48. The molecular weight excluding hydrogens is 538 g/mol. The summed E-state index contributed by atoms with van der Waals surface area (Å²) in [6.45, 7) is 6.33. The predicted octanol–water partition coefficient (Wildman–Crippen LogP) is 9.32. The van der Waals surface area contributed by atoms with Crippen LogP contribution in [0.3, 0.4) is 0 Å². The lowest BCUT2D eigenvalue weighted by Gasteiger charge is -2.42. The van der Waals surface area contributed by atoms with Crippen LogP contribution in [-0.2, 0) is 10.2 Å². The molecule has 0 aromatic heterocycles. The van der Waals surface area contributed by atoms with Crippen LogP contribution in [0.2, 0.25) is 0 Å². The Hall–Kier alpha value is -5.15. The molecule has 1 heterocycles. The molecule has 0 N–H and O–H groups in total. The van der Waals surface area contributed by atoms with E-state index in [1.807, 2.05) is 35.2 Å². The average molecular weight is 576 g/mol. The van der Waals surface area contributed by atoms with Gasteiger partial charge in [-0.1, -0.05) is 115 Å². The molecule has 0 bridgehead atoms. The standard InChI is InChI=1S/C41H37NO2/c1-30-29-40(2,3)42(39(43)27-22-31-20-24-36(44-4)25-21-31)38-26-23-35(28-37(30)38)41(32-14-8-5-9-15-32,33-16-10-6-11-17-33)34-18-12-7-13-19-34/h5-29H,1-4H3. The van der Waals surface area contributed by atoms with E-state index in [-0.39, 0.29) is 5.91 Å². The Balaban J connectivity index is 1.52. The predicted molar refractivity (Wildman–Crippen MR) is 182 cm³/mol. The van der Waals surface area contributed by atoms with Crippen molar-refractivity contribution in [2.45, 2.75) is 31.7 Å². The summed E-state index contributed by atoms with van der Waals surface area (Å²) in [7, 11) is 1.65. The zero-order valence-electron chi connectivity index (χ0n) is 25.7. The third-order valence-corrected chi connectivity index (χ3v) is 8.62. The summed E-state index contributed by atoms with van der Waals surface area (Å²) in [4.78, 5) is 15.8. The first-order valence-corrected chi connectivity index (χ1v) is 15.0. The van der Waals surface area contributed by atoms with Crippen molar-refractivity contribution in [3.05, 3.63) is 179 Å². The summed E-state index contributed by atoms with van der Waals surface area (Å²) >= 11 is 0. The van der Waals surface area contributed by atoms with Crippen LogP contribution in [0.25, 0.3) is 11.6 Å². The molecule has 1 aliphatic heterocycles. The summed E-state index contributed by atoms with van der Waals surface area (Å²) in [6.07, 6.45) is 5.73. The van der Waals surface area contributed by atoms with Gasteiger partial charge in [0.1, 0.15) is 5.75 Å². The molecule has 1 aliphatic rings. The number of hydrogen-bond donors (Lipinski definition) is 0. The number of methoxy groups -OCH3 is 1. The fraction of sp³-hybridized carbons (Fsp3) is 0.146. The van der Waals surface area contributed by atoms with Gasteiger partial charge in [-0.25, -0.2) is 0 Å². The maximum Gasteiger partial charge on any atom is 0.251 e. The molecule has 5 aromatic carbocycles. The highest BCUT2D eigenvalue weighted by molar-refractivity contribution is 6.08. The lowest BCUT2D eigenvalue weighted by molar-refractivity contribution is -0.114. The molecule has 0 aliphatic carbocycles. The number of amides is 1. The average Bonchev–Trinajstić information content (AvgIpc) is 3.06. The topological polar surface area (TPSA) is 29.5 Å². The Labute approximate surface area is 260 Å². The maximum absolute atomic E-state index is 13.9. The maximum atomic E-state index is 13.9. The highest BCUT2D eigenvalue weighted by Gasteiger charge is 2.40. The third-order valence-electron chi connectivity index (χ3n) is 8.62. The van der Waals surface area contributed by atoms with Crippen LogP contribution in [-0.4, -0.2) is 18.6 Å². The molecule has 6 rings (SSSR count). The van der Waals surface area contributed by atoms with Crippen LogP contribution in [0, 0.1) is 0 Å². The van der Waals surface area contributed by atoms with E-state index < -0.39 is 11.0 Å². The lowest BCUT2D eigenvalue weighted by atomic mass is 9.64. The van der Waals surface area contributed by atoms with Gasteiger partial charge in [0.15, 0.2) is 0 Å².